The van der Waals surface area contributed by atoms with Crippen LogP contribution < -0.4 is 4.90 Å². The van der Waals surface area contributed by atoms with E-state index >= 15 is 0 Å². The van der Waals surface area contributed by atoms with Crippen LogP contribution in [0.5, 0.6) is 5.75 Å². The molecule has 0 saturated heterocycles. The van der Waals surface area contributed by atoms with Gasteiger partial charge >= 0.3 is 0 Å². The monoisotopic (exact) mass is 207 g/mol. The molecule has 1 rings (SSSR count). The van der Waals surface area contributed by atoms with Crippen LogP contribution in [0.15, 0.2) is 6.07 Å². The summed E-state index contributed by atoms with van der Waals surface area (Å²) >= 11 is 0. The second kappa shape index (κ2) is 4.56. The topological polar surface area (TPSA) is 23.5 Å². The molecule has 0 heterocycles. The molecule has 84 valence electrons. The van der Waals surface area contributed by atoms with Gasteiger partial charge < -0.3 is 10.0 Å². The summed E-state index contributed by atoms with van der Waals surface area (Å²) in [4.78, 5) is 2.10. The van der Waals surface area contributed by atoms with Crippen molar-refractivity contribution < 1.29 is 5.11 Å². The van der Waals surface area contributed by atoms with Gasteiger partial charge in [0, 0.05) is 19.8 Å². The van der Waals surface area contributed by atoms with Gasteiger partial charge in [-0.15, -0.1) is 0 Å². The molecule has 1 aromatic rings. The van der Waals surface area contributed by atoms with Crippen LogP contribution >= 0.6 is 0 Å². The maximum Gasteiger partial charge on any atom is 0.122 e. The molecule has 0 atom stereocenters. The third-order valence-corrected chi connectivity index (χ3v) is 2.95. The van der Waals surface area contributed by atoms with E-state index in [1.165, 1.54) is 11.3 Å². The molecular weight excluding hydrogens is 186 g/mol. The van der Waals surface area contributed by atoms with Crippen molar-refractivity contribution in [1.29, 1.82) is 0 Å². The number of nitrogens with zero attached hydrogens (tertiary/aromatic N) is 1. The summed E-state index contributed by atoms with van der Waals surface area (Å²) in [6.45, 7) is 6.23. The van der Waals surface area contributed by atoms with Crippen molar-refractivity contribution in [2.24, 2.45) is 0 Å². The number of aromatic hydroxyl groups is 1. The Labute approximate surface area is 92.5 Å². The smallest absolute Gasteiger partial charge is 0.122 e. The number of hydrogen-bond donors (Lipinski definition) is 1. The summed E-state index contributed by atoms with van der Waals surface area (Å²) in [5.41, 5.74) is 4.53. The summed E-state index contributed by atoms with van der Waals surface area (Å²) in [7, 11) is 4.08. The Morgan fingerprint density at radius 3 is 2.20 bits per heavy atom. The molecule has 0 aliphatic rings. The van der Waals surface area contributed by atoms with Gasteiger partial charge in [0.1, 0.15) is 5.75 Å². The highest BCUT2D eigenvalue weighted by molar-refractivity contribution is 5.62. The van der Waals surface area contributed by atoms with E-state index in [1.807, 2.05) is 14.1 Å². The average Bonchev–Trinajstić information content (AvgIpc) is 2.18. The summed E-state index contributed by atoms with van der Waals surface area (Å²) in [5.74, 6) is 0.489. The fourth-order valence-electron chi connectivity index (χ4n) is 2.03. The lowest BCUT2D eigenvalue weighted by molar-refractivity contribution is 0.461. The van der Waals surface area contributed by atoms with Gasteiger partial charge in [-0.05, 0) is 42.5 Å². The highest BCUT2D eigenvalue weighted by Gasteiger charge is 2.13. The van der Waals surface area contributed by atoms with Crippen LogP contribution in [-0.4, -0.2) is 19.2 Å². The summed E-state index contributed by atoms with van der Waals surface area (Å²) in [5, 5.41) is 10.1. The van der Waals surface area contributed by atoms with Crippen molar-refractivity contribution in [3.8, 4) is 5.75 Å². The fourth-order valence-corrected chi connectivity index (χ4v) is 2.03. The maximum atomic E-state index is 10.1. The Morgan fingerprint density at radius 2 is 1.80 bits per heavy atom. The minimum atomic E-state index is 0.489. The van der Waals surface area contributed by atoms with Gasteiger partial charge in [0.2, 0.25) is 0 Å². The molecule has 0 aliphatic carbocycles. The molecule has 0 amide bonds. The first kappa shape index (κ1) is 11.9. The Morgan fingerprint density at radius 1 is 1.20 bits per heavy atom. The lowest BCUT2D eigenvalue weighted by Gasteiger charge is -2.21. The van der Waals surface area contributed by atoms with Crippen LogP contribution in [0.3, 0.4) is 0 Å². The van der Waals surface area contributed by atoms with Crippen molar-refractivity contribution in [3.63, 3.8) is 0 Å². The number of aryl methyl sites for hydroxylation is 1. The number of phenols is 1. The SMILES string of the molecule is CCc1cc(N(C)C)c(C)c(CC)c1O. The molecule has 1 N–H and O–H groups in total. The van der Waals surface area contributed by atoms with Crippen molar-refractivity contribution in [2.75, 3.05) is 19.0 Å². The molecule has 2 heteroatoms. The van der Waals surface area contributed by atoms with Gasteiger partial charge in [0.15, 0.2) is 0 Å². The predicted molar refractivity (Wildman–Crippen MR) is 65.9 cm³/mol. The van der Waals surface area contributed by atoms with E-state index in [4.69, 9.17) is 0 Å². The average molecular weight is 207 g/mol. The third-order valence-electron chi connectivity index (χ3n) is 2.95. The molecule has 0 unspecified atom stereocenters. The van der Waals surface area contributed by atoms with E-state index in [0.717, 1.165) is 24.0 Å². The zero-order valence-electron chi connectivity index (χ0n) is 10.4. The van der Waals surface area contributed by atoms with E-state index in [2.05, 4.69) is 31.7 Å². The normalized spacial score (nSPS) is 10.5. The van der Waals surface area contributed by atoms with Crippen molar-refractivity contribution >= 4 is 5.69 Å². The van der Waals surface area contributed by atoms with Crippen LogP contribution in [0.25, 0.3) is 0 Å². The number of rotatable bonds is 3. The van der Waals surface area contributed by atoms with E-state index in [1.54, 1.807) is 0 Å². The van der Waals surface area contributed by atoms with E-state index < -0.39 is 0 Å². The first-order chi connectivity index (χ1) is 7.02. The van der Waals surface area contributed by atoms with Gasteiger partial charge in [-0.2, -0.15) is 0 Å². The highest BCUT2D eigenvalue weighted by Crippen LogP contribution is 2.33. The van der Waals surface area contributed by atoms with Crippen molar-refractivity contribution in [2.45, 2.75) is 33.6 Å². The Hall–Kier alpha value is -1.18. The standard InChI is InChI=1S/C13H21NO/c1-6-10-8-12(14(4)5)9(3)11(7-2)13(10)15/h8,15H,6-7H2,1-5H3. The van der Waals surface area contributed by atoms with Crippen LogP contribution in [0.1, 0.15) is 30.5 Å². The lowest BCUT2D eigenvalue weighted by Crippen LogP contribution is -2.12. The van der Waals surface area contributed by atoms with E-state index in [0.29, 0.717) is 5.75 Å². The first-order valence-electron chi connectivity index (χ1n) is 5.54. The third kappa shape index (κ3) is 2.09. The molecule has 2 nitrogen and oxygen atoms in total. The Kier molecular flexibility index (Phi) is 3.61. The predicted octanol–water partition coefficient (Wildman–Crippen LogP) is 2.89. The second-order valence-corrected chi connectivity index (χ2v) is 4.11. The Bertz CT molecular complexity index is 356. The second-order valence-electron chi connectivity index (χ2n) is 4.11. The van der Waals surface area contributed by atoms with Crippen LogP contribution in [0.2, 0.25) is 0 Å². The molecule has 0 fully saturated rings. The van der Waals surface area contributed by atoms with Crippen molar-refractivity contribution in [1.82, 2.24) is 0 Å². The van der Waals surface area contributed by atoms with E-state index in [-0.39, 0.29) is 0 Å². The minimum Gasteiger partial charge on any atom is -0.507 e. The number of benzene rings is 1. The Balaban J connectivity index is 3.44. The zero-order valence-corrected chi connectivity index (χ0v) is 10.4. The van der Waals surface area contributed by atoms with Gasteiger partial charge in [-0.1, -0.05) is 13.8 Å². The van der Waals surface area contributed by atoms with Gasteiger partial charge in [-0.3, -0.25) is 0 Å². The summed E-state index contributed by atoms with van der Waals surface area (Å²) in [6.07, 6.45) is 1.76. The summed E-state index contributed by atoms with van der Waals surface area (Å²) < 4.78 is 0. The maximum absolute atomic E-state index is 10.1. The largest absolute Gasteiger partial charge is 0.507 e. The van der Waals surface area contributed by atoms with E-state index in [9.17, 15) is 5.11 Å². The number of hydrogen-bond acceptors (Lipinski definition) is 2. The van der Waals surface area contributed by atoms with Crippen LogP contribution in [0, 0.1) is 6.92 Å². The first-order valence-corrected chi connectivity index (χ1v) is 5.54. The molecule has 0 aromatic heterocycles. The molecule has 15 heavy (non-hydrogen) atoms. The molecule has 0 radical (unpaired) electrons. The molecule has 0 aliphatic heterocycles. The summed E-state index contributed by atoms with van der Waals surface area (Å²) in [6, 6.07) is 2.09. The number of phenolic OH excluding ortho intramolecular Hbond substituents is 1. The molecule has 0 saturated carbocycles. The van der Waals surface area contributed by atoms with Crippen molar-refractivity contribution in [3.05, 3.63) is 22.8 Å². The number of anilines is 1. The minimum absolute atomic E-state index is 0.489. The van der Waals surface area contributed by atoms with Gasteiger partial charge in [0.05, 0.1) is 0 Å². The quantitative estimate of drug-likeness (QED) is 0.823. The molecular formula is C13H21NO. The fraction of sp³-hybridized carbons (Fsp3) is 0.538. The lowest BCUT2D eigenvalue weighted by atomic mass is 9.97. The molecule has 0 bridgehead atoms. The van der Waals surface area contributed by atoms with Crippen LogP contribution in [0.4, 0.5) is 5.69 Å². The zero-order chi connectivity index (χ0) is 11.6. The van der Waals surface area contributed by atoms with Gasteiger partial charge in [-0.25, -0.2) is 0 Å². The molecule has 0 spiro atoms. The van der Waals surface area contributed by atoms with Gasteiger partial charge in [0.25, 0.3) is 0 Å². The highest BCUT2D eigenvalue weighted by atomic mass is 16.3. The molecule has 1 aromatic carbocycles. The van der Waals surface area contributed by atoms with Crippen LogP contribution in [-0.2, 0) is 12.8 Å².